The Balaban J connectivity index is 1.52. The fourth-order valence-electron chi connectivity index (χ4n) is 2.58. The number of nitrogens with one attached hydrogen (secondary N) is 1. The Hall–Kier alpha value is -1.89. The van der Waals surface area contributed by atoms with E-state index in [9.17, 15) is 4.79 Å². The van der Waals surface area contributed by atoms with Gasteiger partial charge in [-0.3, -0.25) is 4.79 Å². The Morgan fingerprint density at radius 2 is 2.52 bits per heavy atom. The number of carbonyl (C=O) groups is 1. The van der Waals surface area contributed by atoms with E-state index < -0.39 is 0 Å². The van der Waals surface area contributed by atoms with Gasteiger partial charge in [0.1, 0.15) is 5.76 Å². The van der Waals surface area contributed by atoms with E-state index in [0.29, 0.717) is 23.9 Å². The Morgan fingerprint density at radius 1 is 1.62 bits per heavy atom. The molecule has 6 nitrogen and oxygen atoms in total. The minimum absolute atomic E-state index is 0.168. The van der Waals surface area contributed by atoms with Crippen LogP contribution < -0.4 is 10.2 Å². The molecule has 1 saturated heterocycles. The number of piperidine rings is 1. The Kier molecular flexibility index (Phi) is 4.19. The second-order valence-electron chi connectivity index (χ2n) is 5.30. The molecule has 0 radical (unpaired) electrons. The SMILES string of the molecule is Cc1cc(C(=O)NCC2CCCN(c3nccs3)C2)no1. The van der Waals surface area contributed by atoms with Crippen molar-refractivity contribution in [1.29, 1.82) is 0 Å². The Bertz CT molecular complexity index is 596. The van der Waals surface area contributed by atoms with E-state index in [4.69, 9.17) is 4.52 Å². The maximum Gasteiger partial charge on any atom is 0.273 e. The summed E-state index contributed by atoms with van der Waals surface area (Å²) in [5.41, 5.74) is 0.347. The van der Waals surface area contributed by atoms with Crippen LogP contribution in [0, 0.1) is 12.8 Å². The number of hydrogen-bond donors (Lipinski definition) is 1. The first-order valence-electron chi connectivity index (χ1n) is 7.08. The molecule has 7 heteroatoms. The van der Waals surface area contributed by atoms with Crippen molar-refractivity contribution in [2.75, 3.05) is 24.5 Å². The topological polar surface area (TPSA) is 71.3 Å². The quantitative estimate of drug-likeness (QED) is 0.936. The van der Waals surface area contributed by atoms with Crippen LogP contribution in [0.4, 0.5) is 5.13 Å². The van der Waals surface area contributed by atoms with Gasteiger partial charge in [0.25, 0.3) is 5.91 Å². The van der Waals surface area contributed by atoms with Crippen molar-refractivity contribution in [3.8, 4) is 0 Å². The predicted octanol–water partition coefficient (Wildman–Crippen LogP) is 2.09. The van der Waals surface area contributed by atoms with E-state index in [1.54, 1.807) is 24.3 Å². The molecule has 1 fully saturated rings. The molecular weight excluding hydrogens is 288 g/mol. The highest BCUT2D eigenvalue weighted by Crippen LogP contribution is 2.24. The average Bonchev–Trinajstić information content (AvgIpc) is 3.16. The molecule has 112 valence electrons. The zero-order valence-electron chi connectivity index (χ0n) is 11.9. The number of nitrogens with zero attached hydrogens (tertiary/aromatic N) is 3. The molecule has 3 heterocycles. The van der Waals surface area contributed by atoms with Crippen LogP contribution in [0.25, 0.3) is 0 Å². The van der Waals surface area contributed by atoms with E-state index in [1.807, 2.05) is 11.6 Å². The molecule has 1 N–H and O–H groups in total. The number of carbonyl (C=O) groups excluding carboxylic acids is 1. The first kappa shape index (κ1) is 14.1. The smallest absolute Gasteiger partial charge is 0.273 e. The minimum Gasteiger partial charge on any atom is -0.361 e. The Morgan fingerprint density at radius 3 is 3.24 bits per heavy atom. The number of rotatable bonds is 4. The van der Waals surface area contributed by atoms with E-state index >= 15 is 0 Å². The Labute approximate surface area is 127 Å². The molecule has 1 unspecified atom stereocenters. The number of amides is 1. The van der Waals surface area contributed by atoms with Crippen LogP contribution in [-0.2, 0) is 0 Å². The van der Waals surface area contributed by atoms with Gasteiger partial charge < -0.3 is 14.7 Å². The van der Waals surface area contributed by atoms with Gasteiger partial charge in [-0.2, -0.15) is 0 Å². The van der Waals surface area contributed by atoms with Crippen molar-refractivity contribution in [1.82, 2.24) is 15.5 Å². The van der Waals surface area contributed by atoms with Gasteiger partial charge in [-0.25, -0.2) is 4.98 Å². The van der Waals surface area contributed by atoms with Crippen molar-refractivity contribution in [2.24, 2.45) is 5.92 Å². The zero-order chi connectivity index (χ0) is 14.7. The summed E-state index contributed by atoms with van der Waals surface area (Å²) in [6, 6.07) is 1.65. The molecule has 2 aromatic rings. The molecule has 0 spiro atoms. The van der Waals surface area contributed by atoms with Crippen molar-refractivity contribution < 1.29 is 9.32 Å². The van der Waals surface area contributed by atoms with Crippen LogP contribution in [0.5, 0.6) is 0 Å². The highest BCUT2D eigenvalue weighted by atomic mass is 32.1. The maximum absolute atomic E-state index is 12.0. The maximum atomic E-state index is 12.0. The largest absolute Gasteiger partial charge is 0.361 e. The molecule has 1 amide bonds. The third-order valence-electron chi connectivity index (χ3n) is 3.62. The van der Waals surface area contributed by atoms with Gasteiger partial charge in [0.2, 0.25) is 0 Å². The second kappa shape index (κ2) is 6.26. The molecular formula is C14H18N4O2S. The van der Waals surface area contributed by atoms with Gasteiger partial charge in [-0.1, -0.05) is 5.16 Å². The third-order valence-corrected chi connectivity index (χ3v) is 4.45. The average molecular weight is 306 g/mol. The molecule has 3 rings (SSSR count). The zero-order valence-corrected chi connectivity index (χ0v) is 12.7. The highest BCUT2D eigenvalue weighted by molar-refractivity contribution is 7.13. The molecule has 0 bridgehead atoms. The molecule has 0 aromatic carbocycles. The lowest BCUT2D eigenvalue weighted by Gasteiger charge is -2.32. The lowest BCUT2D eigenvalue weighted by atomic mass is 9.98. The number of anilines is 1. The fraction of sp³-hybridized carbons (Fsp3) is 0.500. The molecule has 21 heavy (non-hydrogen) atoms. The van der Waals surface area contributed by atoms with Crippen LogP contribution in [0.2, 0.25) is 0 Å². The van der Waals surface area contributed by atoms with Gasteiger partial charge in [0, 0.05) is 37.3 Å². The van der Waals surface area contributed by atoms with E-state index in [0.717, 1.165) is 31.1 Å². The lowest BCUT2D eigenvalue weighted by Crippen LogP contribution is -2.41. The van der Waals surface area contributed by atoms with Crippen LogP contribution >= 0.6 is 11.3 Å². The summed E-state index contributed by atoms with van der Waals surface area (Å²) in [6.45, 7) is 4.41. The first-order valence-corrected chi connectivity index (χ1v) is 7.96. The number of hydrogen-bond acceptors (Lipinski definition) is 6. The molecule has 1 aliphatic heterocycles. The van der Waals surface area contributed by atoms with E-state index in [-0.39, 0.29) is 5.91 Å². The monoisotopic (exact) mass is 306 g/mol. The molecule has 0 aliphatic carbocycles. The number of aromatic nitrogens is 2. The van der Waals surface area contributed by atoms with Crippen LogP contribution in [0.15, 0.2) is 22.2 Å². The van der Waals surface area contributed by atoms with Gasteiger partial charge in [0.15, 0.2) is 10.8 Å². The number of aryl methyl sites for hydroxylation is 1. The van der Waals surface area contributed by atoms with E-state index in [2.05, 4.69) is 20.4 Å². The highest BCUT2D eigenvalue weighted by Gasteiger charge is 2.22. The minimum atomic E-state index is -0.168. The first-order chi connectivity index (χ1) is 10.2. The van der Waals surface area contributed by atoms with Gasteiger partial charge in [-0.05, 0) is 25.7 Å². The molecule has 1 atom stereocenters. The summed E-state index contributed by atoms with van der Waals surface area (Å²) in [5.74, 6) is 0.922. The van der Waals surface area contributed by atoms with Crippen molar-refractivity contribution in [3.05, 3.63) is 29.1 Å². The molecule has 0 saturated carbocycles. The van der Waals surface area contributed by atoms with Crippen LogP contribution in [-0.4, -0.2) is 35.7 Å². The lowest BCUT2D eigenvalue weighted by molar-refractivity contribution is 0.0936. The van der Waals surface area contributed by atoms with Gasteiger partial charge in [0.05, 0.1) is 0 Å². The van der Waals surface area contributed by atoms with Crippen LogP contribution in [0.1, 0.15) is 29.1 Å². The summed E-state index contributed by atoms with van der Waals surface area (Å²) in [6.07, 6.45) is 4.08. The van der Waals surface area contributed by atoms with Crippen molar-refractivity contribution in [3.63, 3.8) is 0 Å². The van der Waals surface area contributed by atoms with Crippen LogP contribution in [0.3, 0.4) is 0 Å². The summed E-state index contributed by atoms with van der Waals surface area (Å²) in [7, 11) is 0. The summed E-state index contributed by atoms with van der Waals surface area (Å²) < 4.78 is 4.92. The fourth-order valence-corrected chi connectivity index (χ4v) is 3.26. The third kappa shape index (κ3) is 3.41. The van der Waals surface area contributed by atoms with E-state index in [1.165, 1.54) is 0 Å². The normalized spacial score (nSPS) is 18.7. The van der Waals surface area contributed by atoms with Gasteiger partial charge >= 0.3 is 0 Å². The number of thiazole rings is 1. The summed E-state index contributed by atoms with van der Waals surface area (Å²) in [4.78, 5) is 18.6. The predicted molar refractivity (Wildman–Crippen MR) is 80.6 cm³/mol. The molecule has 1 aliphatic rings. The van der Waals surface area contributed by atoms with Crippen molar-refractivity contribution >= 4 is 22.4 Å². The second-order valence-corrected chi connectivity index (χ2v) is 6.17. The standard InChI is InChI=1S/C14H18N4O2S/c1-10-7-12(17-20-10)13(19)16-8-11-3-2-5-18(9-11)14-15-4-6-21-14/h4,6-7,11H,2-3,5,8-9H2,1H3,(H,16,19). The van der Waals surface area contributed by atoms with Crippen molar-refractivity contribution in [2.45, 2.75) is 19.8 Å². The summed E-state index contributed by atoms with van der Waals surface area (Å²) in [5, 5.41) is 9.73. The molecule has 2 aromatic heterocycles. The van der Waals surface area contributed by atoms with Gasteiger partial charge in [-0.15, -0.1) is 11.3 Å². The summed E-state index contributed by atoms with van der Waals surface area (Å²) >= 11 is 1.66.